The molecule has 0 radical (unpaired) electrons. The summed E-state index contributed by atoms with van der Waals surface area (Å²) in [4.78, 5) is 13.8. The molecule has 160 valence electrons. The molecule has 0 bridgehead atoms. The van der Waals surface area contributed by atoms with Crippen LogP contribution >= 0.6 is 0 Å². The molecular formula is C24H20F3NO3. The van der Waals surface area contributed by atoms with Crippen LogP contribution in [0.5, 0.6) is 5.75 Å². The quantitative estimate of drug-likeness (QED) is 0.520. The van der Waals surface area contributed by atoms with Gasteiger partial charge in [0, 0.05) is 24.6 Å². The Morgan fingerprint density at radius 2 is 1.74 bits per heavy atom. The van der Waals surface area contributed by atoms with Gasteiger partial charge < -0.3 is 9.47 Å². The first-order valence-corrected chi connectivity index (χ1v) is 9.72. The van der Waals surface area contributed by atoms with Gasteiger partial charge >= 0.3 is 12.3 Å². The average Bonchev–Trinajstić information content (AvgIpc) is 3.21. The zero-order valence-corrected chi connectivity index (χ0v) is 16.7. The maximum absolute atomic E-state index is 12.9. The van der Waals surface area contributed by atoms with E-state index in [1.54, 1.807) is 13.1 Å². The van der Waals surface area contributed by atoms with E-state index in [2.05, 4.69) is 0 Å². The first kappa shape index (κ1) is 20.8. The molecule has 1 amide bonds. The molecule has 3 aromatic rings. The van der Waals surface area contributed by atoms with Crippen LogP contribution in [0.2, 0.25) is 0 Å². The van der Waals surface area contributed by atoms with Crippen LogP contribution in [0.1, 0.15) is 16.7 Å². The van der Waals surface area contributed by atoms with Crippen molar-refractivity contribution in [2.24, 2.45) is 0 Å². The zero-order valence-electron chi connectivity index (χ0n) is 16.7. The van der Waals surface area contributed by atoms with Crippen LogP contribution < -0.4 is 4.74 Å². The molecule has 1 aliphatic heterocycles. The van der Waals surface area contributed by atoms with E-state index >= 15 is 0 Å². The number of carbonyl (C=O) groups excluding carboxylic acids is 1. The van der Waals surface area contributed by atoms with Gasteiger partial charge in [-0.15, -0.1) is 0 Å². The number of ether oxygens (including phenoxy) is 2. The number of benzene rings is 3. The first-order chi connectivity index (χ1) is 14.8. The average molecular weight is 427 g/mol. The van der Waals surface area contributed by atoms with E-state index < -0.39 is 24.1 Å². The van der Waals surface area contributed by atoms with Crippen molar-refractivity contribution in [1.29, 1.82) is 0 Å². The summed E-state index contributed by atoms with van der Waals surface area (Å²) in [7, 11) is 1.60. The standard InChI is InChI=1S/C24H20F3NO3/c1-28(23(29)30-15-16-6-3-2-4-7-16)21-14-18-8-5-9-20(22(18)31-21)17-10-12-19(13-11-17)24(25,26)27/h2-13,21H,14-15H2,1H3. The van der Waals surface area contributed by atoms with Crippen molar-refractivity contribution in [3.05, 3.63) is 89.5 Å². The van der Waals surface area contributed by atoms with Gasteiger partial charge in [-0.3, -0.25) is 4.90 Å². The number of hydrogen-bond donors (Lipinski definition) is 0. The van der Waals surface area contributed by atoms with Crippen molar-refractivity contribution in [1.82, 2.24) is 4.90 Å². The summed E-state index contributed by atoms with van der Waals surface area (Å²) in [6, 6.07) is 19.8. The first-order valence-electron chi connectivity index (χ1n) is 9.72. The minimum Gasteiger partial charge on any atom is -0.469 e. The highest BCUT2D eigenvalue weighted by Crippen LogP contribution is 2.40. The normalized spacial score (nSPS) is 15.2. The van der Waals surface area contributed by atoms with Gasteiger partial charge in [0.15, 0.2) is 6.23 Å². The Labute approximate surface area is 177 Å². The van der Waals surface area contributed by atoms with Crippen LogP contribution in [0.25, 0.3) is 11.1 Å². The third-order valence-corrected chi connectivity index (χ3v) is 5.19. The lowest BCUT2D eigenvalue weighted by atomic mass is 10.00. The number of para-hydroxylation sites is 1. The predicted molar refractivity (Wildman–Crippen MR) is 109 cm³/mol. The second-order valence-corrected chi connectivity index (χ2v) is 7.30. The van der Waals surface area contributed by atoms with Crippen molar-refractivity contribution < 1.29 is 27.4 Å². The molecular weight excluding hydrogens is 407 g/mol. The van der Waals surface area contributed by atoms with Gasteiger partial charge in [-0.25, -0.2) is 4.79 Å². The van der Waals surface area contributed by atoms with Crippen LogP contribution in [0.3, 0.4) is 0 Å². The number of halogens is 3. The van der Waals surface area contributed by atoms with E-state index in [-0.39, 0.29) is 6.61 Å². The molecule has 1 atom stereocenters. The summed E-state index contributed by atoms with van der Waals surface area (Å²) in [6.07, 6.45) is -5.01. The summed E-state index contributed by atoms with van der Waals surface area (Å²) >= 11 is 0. The minimum atomic E-state index is -4.39. The Bertz CT molecular complexity index is 1070. The summed E-state index contributed by atoms with van der Waals surface area (Å²) < 4.78 is 50.0. The molecule has 0 aliphatic carbocycles. The molecule has 0 N–H and O–H groups in total. The molecule has 3 aromatic carbocycles. The predicted octanol–water partition coefficient (Wildman–Crippen LogP) is 5.90. The molecule has 1 heterocycles. The SMILES string of the molecule is CN(C(=O)OCc1ccccc1)C1Cc2cccc(-c3ccc(C(F)(F)F)cc3)c2O1. The molecule has 31 heavy (non-hydrogen) atoms. The van der Waals surface area contributed by atoms with E-state index in [1.807, 2.05) is 42.5 Å². The van der Waals surface area contributed by atoms with E-state index in [0.717, 1.165) is 23.3 Å². The Kier molecular flexibility index (Phi) is 5.59. The molecule has 4 rings (SSSR count). The van der Waals surface area contributed by atoms with Gasteiger partial charge in [0.1, 0.15) is 12.4 Å². The van der Waals surface area contributed by atoms with Gasteiger partial charge in [-0.05, 0) is 23.3 Å². The van der Waals surface area contributed by atoms with E-state index in [1.165, 1.54) is 17.0 Å². The molecule has 4 nitrogen and oxygen atoms in total. The number of rotatable bonds is 4. The van der Waals surface area contributed by atoms with Gasteiger partial charge in [0.25, 0.3) is 0 Å². The summed E-state index contributed by atoms with van der Waals surface area (Å²) in [5.74, 6) is 0.565. The maximum atomic E-state index is 12.9. The summed E-state index contributed by atoms with van der Waals surface area (Å²) in [6.45, 7) is 0.153. The Morgan fingerprint density at radius 1 is 1.03 bits per heavy atom. The van der Waals surface area contributed by atoms with E-state index in [0.29, 0.717) is 23.3 Å². The lowest BCUT2D eigenvalue weighted by Crippen LogP contribution is -2.40. The number of alkyl halides is 3. The molecule has 0 saturated heterocycles. The molecule has 0 spiro atoms. The number of carbonyl (C=O) groups is 1. The molecule has 1 unspecified atom stereocenters. The third kappa shape index (κ3) is 4.50. The molecule has 0 aromatic heterocycles. The van der Waals surface area contributed by atoms with Crippen molar-refractivity contribution in [2.45, 2.75) is 25.4 Å². The van der Waals surface area contributed by atoms with Crippen LogP contribution in [0.4, 0.5) is 18.0 Å². The van der Waals surface area contributed by atoms with E-state index in [9.17, 15) is 18.0 Å². The Morgan fingerprint density at radius 3 is 2.42 bits per heavy atom. The van der Waals surface area contributed by atoms with Gasteiger partial charge in [0.05, 0.1) is 5.56 Å². The number of fused-ring (bicyclic) bond motifs is 1. The van der Waals surface area contributed by atoms with Gasteiger partial charge in [-0.2, -0.15) is 13.2 Å². The third-order valence-electron chi connectivity index (χ3n) is 5.19. The van der Waals surface area contributed by atoms with Gasteiger partial charge in [0.2, 0.25) is 0 Å². The fraction of sp³-hybridized carbons (Fsp3) is 0.208. The van der Waals surface area contributed by atoms with Crippen molar-refractivity contribution in [3.63, 3.8) is 0 Å². The second kappa shape index (κ2) is 8.34. The number of likely N-dealkylation sites (N-methyl/N-ethyl adjacent to an activating group) is 1. The van der Waals surface area contributed by atoms with Crippen molar-refractivity contribution in [3.8, 4) is 16.9 Å². The molecule has 0 fully saturated rings. The lowest BCUT2D eigenvalue weighted by Gasteiger charge is -2.23. The fourth-order valence-electron chi connectivity index (χ4n) is 3.47. The molecule has 0 saturated carbocycles. The van der Waals surface area contributed by atoms with Crippen LogP contribution in [0, 0.1) is 0 Å². The van der Waals surface area contributed by atoms with Gasteiger partial charge in [-0.1, -0.05) is 60.7 Å². The van der Waals surface area contributed by atoms with Crippen LogP contribution in [-0.4, -0.2) is 24.3 Å². The Hall–Kier alpha value is -3.48. The summed E-state index contributed by atoms with van der Waals surface area (Å²) in [5.41, 5.74) is 2.35. The largest absolute Gasteiger partial charge is 0.469 e. The Balaban J connectivity index is 1.47. The van der Waals surface area contributed by atoms with Crippen molar-refractivity contribution >= 4 is 6.09 Å². The number of amides is 1. The number of hydrogen-bond acceptors (Lipinski definition) is 3. The minimum absolute atomic E-state index is 0.153. The second-order valence-electron chi connectivity index (χ2n) is 7.30. The fourth-order valence-corrected chi connectivity index (χ4v) is 3.47. The molecule has 1 aliphatic rings. The smallest absolute Gasteiger partial charge is 0.416 e. The molecule has 7 heteroatoms. The topological polar surface area (TPSA) is 38.8 Å². The lowest BCUT2D eigenvalue weighted by molar-refractivity contribution is -0.137. The van der Waals surface area contributed by atoms with Crippen molar-refractivity contribution in [2.75, 3.05) is 7.05 Å². The van der Waals surface area contributed by atoms with Crippen LogP contribution in [0.15, 0.2) is 72.8 Å². The van der Waals surface area contributed by atoms with E-state index in [4.69, 9.17) is 9.47 Å². The van der Waals surface area contributed by atoms with Crippen LogP contribution in [-0.2, 0) is 23.9 Å². The summed E-state index contributed by atoms with van der Waals surface area (Å²) in [5, 5.41) is 0. The number of nitrogens with zero attached hydrogens (tertiary/aromatic N) is 1. The maximum Gasteiger partial charge on any atom is 0.416 e. The highest BCUT2D eigenvalue weighted by atomic mass is 19.4. The highest BCUT2D eigenvalue weighted by molar-refractivity contribution is 5.74. The highest BCUT2D eigenvalue weighted by Gasteiger charge is 2.33. The zero-order chi connectivity index (χ0) is 22.0. The monoisotopic (exact) mass is 427 g/mol.